The zero-order valence-electron chi connectivity index (χ0n) is 10.1. The van der Waals surface area contributed by atoms with Gasteiger partial charge in [0.15, 0.2) is 6.29 Å². The van der Waals surface area contributed by atoms with Crippen LogP contribution >= 0.6 is 0 Å². The highest BCUT2D eigenvalue weighted by molar-refractivity contribution is 5.07. The minimum absolute atomic E-state index is 0.150. The molecule has 0 aromatic heterocycles. The van der Waals surface area contributed by atoms with E-state index in [2.05, 4.69) is 18.3 Å². The molecule has 0 radical (unpaired) electrons. The third kappa shape index (κ3) is 4.33. The van der Waals surface area contributed by atoms with Crippen molar-refractivity contribution in [2.75, 3.05) is 20.8 Å². The second kappa shape index (κ2) is 6.99. The highest BCUT2D eigenvalue weighted by atomic mass is 16.7. The lowest BCUT2D eigenvalue weighted by Crippen LogP contribution is -2.40. The van der Waals surface area contributed by atoms with E-state index in [1.54, 1.807) is 19.8 Å². The van der Waals surface area contributed by atoms with Crippen LogP contribution in [0, 0.1) is 0 Å². The van der Waals surface area contributed by atoms with Crippen molar-refractivity contribution >= 4 is 0 Å². The molecular weight excluding hydrogens is 190 g/mol. The standard InChI is InChI=1S/C12H23NO2/c1-10(12(14-2)15-3)13-9-8-11-6-4-5-7-11/h6,10,12-13H,4-5,7-9H2,1-3H3. The first-order valence-electron chi connectivity index (χ1n) is 5.74. The average molecular weight is 213 g/mol. The minimum atomic E-state index is -0.150. The first-order valence-corrected chi connectivity index (χ1v) is 5.74. The lowest BCUT2D eigenvalue weighted by molar-refractivity contribution is -0.119. The maximum atomic E-state index is 5.18. The van der Waals surface area contributed by atoms with Crippen molar-refractivity contribution in [3.05, 3.63) is 11.6 Å². The van der Waals surface area contributed by atoms with Gasteiger partial charge < -0.3 is 14.8 Å². The Labute approximate surface area is 92.8 Å². The second-order valence-corrected chi connectivity index (χ2v) is 4.09. The molecule has 1 aliphatic carbocycles. The molecule has 88 valence electrons. The van der Waals surface area contributed by atoms with Crippen LogP contribution in [0.4, 0.5) is 0 Å². The van der Waals surface area contributed by atoms with Gasteiger partial charge in [-0.15, -0.1) is 0 Å². The van der Waals surface area contributed by atoms with Crippen molar-refractivity contribution in [1.82, 2.24) is 5.32 Å². The lowest BCUT2D eigenvalue weighted by Gasteiger charge is -2.22. The van der Waals surface area contributed by atoms with Crippen LogP contribution in [0.2, 0.25) is 0 Å². The van der Waals surface area contributed by atoms with Gasteiger partial charge in [-0.2, -0.15) is 0 Å². The molecule has 1 N–H and O–H groups in total. The van der Waals surface area contributed by atoms with Gasteiger partial charge in [0, 0.05) is 14.2 Å². The van der Waals surface area contributed by atoms with Crippen molar-refractivity contribution in [2.24, 2.45) is 0 Å². The number of rotatable bonds is 7. The van der Waals surface area contributed by atoms with Crippen molar-refractivity contribution in [1.29, 1.82) is 0 Å². The Morgan fingerprint density at radius 1 is 1.40 bits per heavy atom. The Hall–Kier alpha value is -0.380. The van der Waals surface area contributed by atoms with Gasteiger partial charge in [0.2, 0.25) is 0 Å². The summed E-state index contributed by atoms with van der Waals surface area (Å²) in [6.45, 7) is 3.09. The van der Waals surface area contributed by atoms with E-state index >= 15 is 0 Å². The van der Waals surface area contributed by atoms with E-state index in [9.17, 15) is 0 Å². The van der Waals surface area contributed by atoms with Crippen LogP contribution < -0.4 is 5.32 Å². The number of methoxy groups -OCH3 is 2. The summed E-state index contributed by atoms with van der Waals surface area (Å²) in [6, 6.07) is 0.238. The summed E-state index contributed by atoms with van der Waals surface area (Å²) in [4.78, 5) is 0. The van der Waals surface area contributed by atoms with Crippen LogP contribution in [-0.2, 0) is 9.47 Å². The van der Waals surface area contributed by atoms with E-state index in [0.717, 1.165) is 13.0 Å². The van der Waals surface area contributed by atoms with E-state index < -0.39 is 0 Å². The van der Waals surface area contributed by atoms with Crippen LogP contribution in [0.25, 0.3) is 0 Å². The monoisotopic (exact) mass is 213 g/mol. The molecule has 15 heavy (non-hydrogen) atoms. The van der Waals surface area contributed by atoms with Crippen LogP contribution in [0.3, 0.4) is 0 Å². The van der Waals surface area contributed by atoms with E-state index in [4.69, 9.17) is 9.47 Å². The molecule has 3 nitrogen and oxygen atoms in total. The number of allylic oxidation sites excluding steroid dienone is 1. The van der Waals surface area contributed by atoms with Gasteiger partial charge in [-0.3, -0.25) is 0 Å². The maximum Gasteiger partial charge on any atom is 0.171 e. The molecule has 0 heterocycles. The zero-order valence-corrected chi connectivity index (χ0v) is 10.1. The topological polar surface area (TPSA) is 30.5 Å². The molecule has 1 atom stereocenters. The Balaban J connectivity index is 2.12. The van der Waals surface area contributed by atoms with Crippen LogP contribution in [0.15, 0.2) is 11.6 Å². The van der Waals surface area contributed by atoms with Crippen LogP contribution in [-0.4, -0.2) is 33.1 Å². The Morgan fingerprint density at radius 3 is 2.67 bits per heavy atom. The molecule has 0 aromatic carbocycles. The normalized spacial score (nSPS) is 18.3. The molecule has 0 aliphatic heterocycles. The van der Waals surface area contributed by atoms with Crippen molar-refractivity contribution in [2.45, 2.75) is 44.9 Å². The molecule has 0 bridgehead atoms. The van der Waals surface area contributed by atoms with E-state index in [1.165, 1.54) is 19.3 Å². The largest absolute Gasteiger partial charge is 0.354 e. The van der Waals surface area contributed by atoms with Gasteiger partial charge in [0.1, 0.15) is 0 Å². The minimum Gasteiger partial charge on any atom is -0.354 e. The predicted octanol–water partition coefficient (Wildman–Crippen LogP) is 2.08. The van der Waals surface area contributed by atoms with Gasteiger partial charge in [-0.05, 0) is 39.2 Å². The number of ether oxygens (including phenoxy) is 2. The van der Waals surface area contributed by atoms with Crippen molar-refractivity contribution in [3.8, 4) is 0 Å². The Bertz CT molecular complexity index is 200. The molecule has 0 spiro atoms. The molecule has 0 aromatic rings. The lowest BCUT2D eigenvalue weighted by atomic mass is 10.1. The fourth-order valence-electron chi connectivity index (χ4n) is 2.03. The first kappa shape index (κ1) is 12.7. The summed E-state index contributed by atoms with van der Waals surface area (Å²) in [7, 11) is 3.34. The third-order valence-corrected chi connectivity index (χ3v) is 2.92. The van der Waals surface area contributed by atoms with Crippen molar-refractivity contribution < 1.29 is 9.47 Å². The number of hydrogen-bond acceptors (Lipinski definition) is 3. The summed E-state index contributed by atoms with van der Waals surface area (Å²) in [5.41, 5.74) is 1.60. The quantitative estimate of drug-likeness (QED) is 0.519. The van der Waals surface area contributed by atoms with Gasteiger partial charge in [-0.1, -0.05) is 11.6 Å². The Morgan fingerprint density at radius 2 is 2.13 bits per heavy atom. The third-order valence-electron chi connectivity index (χ3n) is 2.92. The Kier molecular flexibility index (Phi) is 5.91. The molecule has 0 saturated carbocycles. The highest BCUT2D eigenvalue weighted by Crippen LogP contribution is 2.19. The number of hydrogen-bond donors (Lipinski definition) is 1. The van der Waals surface area contributed by atoms with Gasteiger partial charge in [-0.25, -0.2) is 0 Å². The van der Waals surface area contributed by atoms with Gasteiger partial charge in [0.05, 0.1) is 6.04 Å². The SMILES string of the molecule is COC(OC)C(C)NCCC1=CCCC1. The van der Waals surface area contributed by atoms with E-state index in [-0.39, 0.29) is 12.3 Å². The molecule has 0 fully saturated rings. The number of nitrogens with one attached hydrogen (secondary N) is 1. The van der Waals surface area contributed by atoms with Gasteiger partial charge >= 0.3 is 0 Å². The zero-order chi connectivity index (χ0) is 11.1. The summed E-state index contributed by atoms with van der Waals surface area (Å²) in [5.74, 6) is 0. The second-order valence-electron chi connectivity index (χ2n) is 4.09. The molecule has 0 saturated heterocycles. The van der Waals surface area contributed by atoms with E-state index in [1.807, 2.05) is 0 Å². The smallest absolute Gasteiger partial charge is 0.171 e. The predicted molar refractivity (Wildman–Crippen MR) is 61.8 cm³/mol. The molecular formula is C12H23NO2. The molecule has 3 heteroatoms. The van der Waals surface area contributed by atoms with Crippen molar-refractivity contribution in [3.63, 3.8) is 0 Å². The van der Waals surface area contributed by atoms with Crippen LogP contribution in [0.5, 0.6) is 0 Å². The summed E-state index contributed by atoms with van der Waals surface area (Å²) >= 11 is 0. The summed E-state index contributed by atoms with van der Waals surface area (Å²) in [5, 5.41) is 3.42. The molecule has 1 aliphatic rings. The fraction of sp³-hybridized carbons (Fsp3) is 0.833. The molecule has 0 amide bonds. The highest BCUT2D eigenvalue weighted by Gasteiger charge is 2.14. The first-order chi connectivity index (χ1) is 7.27. The average Bonchev–Trinajstić information content (AvgIpc) is 2.72. The molecule has 1 unspecified atom stereocenters. The molecule has 1 rings (SSSR count). The fourth-order valence-corrected chi connectivity index (χ4v) is 2.03. The maximum absolute atomic E-state index is 5.18. The summed E-state index contributed by atoms with van der Waals surface area (Å²) < 4.78 is 10.4. The summed E-state index contributed by atoms with van der Waals surface area (Å²) in [6.07, 6.45) is 7.27. The van der Waals surface area contributed by atoms with Crippen LogP contribution in [0.1, 0.15) is 32.6 Å². The van der Waals surface area contributed by atoms with Gasteiger partial charge in [0.25, 0.3) is 0 Å². The van der Waals surface area contributed by atoms with E-state index in [0.29, 0.717) is 0 Å².